The van der Waals surface area contributed by atoms with E-state index in [0.29, 0.717) is 5.92 Å². The van der Waals surface area contributed by atoms with Gasteiger partial charge in [0, 0.05) is 12.1 Å². The molecule has 1 heterocycles. The van der Waals surface area contributed by atoms with Gasteiger partial charge in [0.1, 0.15) is 0 Å². The summed E-state index contributed by atoms with van der Waals surface area (Å²) in [7, 11) is -3.12. The second-order valence-corrected chi connectivity index (χ2v) is 7.98. The lowest BCUT2D eigenvalue weighted by molar-refractivity contribution is 0.300. The van der Waals surface area contributed by atoms with E-state index in [-0.39, 0.29) is 17.8 Å². The van der Waals surface area contributed by atoms with E-state index in [9.17, 15) is 8.42 Å². The topological polar surface area (TPSA) is 58.2 Å². The zero-order chi connectivity index (χ0) is 13.7. The Labute approximate surface area is 117 Å². The summed E-state index contributed by atoms with van der Waals surface area (Å²) in [4.78, 5) is 0. The summed E-state index contributed by atoms with van der Waals surface area (Å²) in [6, 6.07) is 0.323. The first kappa shape index (κ1) is 15.3. The molecular formula is C14H28N2O2S. The van der Waals surface area contributed by atoms with Crippen molar-refractivity contribution in [3.05, 3.63) is 0 Å². The Bertz CT molecular complexity index is 364. The van der Waals surface area contributed by atoms with Crippen LogP contribution in [0.1, 0.15) is 58.3 Å². The fraction of sp³-hybridized carbons (Fsp3) is 1.00. The maximum Gasteiger partial charge on any atom is 0.213 e. The molecular weight excluding hydrogens is 260 g/mol. The maximum atomic E-state index is 12.2. The molecule has 4 nitrogen and oxygen atoms in total. The van der Waals surface area contributed by atoms with Crippen molar-refractivity contribution in [3.63, 3.8) is 0 Å². The van der Waals surface area contributed by atoms with E-state index in [1.165, 1.54) is 19.3 Å². The van der Waals surface area contributed by atoms with Gasteiger partial charge in [0.15, 0.2) is 0 Å². The lowest BCUT2D eigenvalue weighted by Gasteiger charge is -2.30. The summed E-state index contributed by atoms with van der Waals surface area (Å²) >= 11 is 0. The average Bonchev–Trinajstić information content (AvgIpc) is 2.39. The van der Waals surface area contributed by atoms with Crippen LogP contribution in [0.2, 0.25) is 0 Å². The molecule has 0 aromatic rings. The van der Waals surface area contributed by atoms with Crippen LogP contribution in [0.25, 0.3) is 0 Å². The predicted octanol–water partition coefficient (Wildman–Crippen LogP) is 2.02. The van der Waals surface area contributed by atoms with Crippen LogP contribution in [0.4, 0.5) is 0 Å². The molecule has 0 bridgehead atoms. The van der Waals surface area contributed by atoms with Crippen LogP contribution in [0.5, 0.6) is 0 Å². The third-order valence-corrected chi connectivity index (χ3v) is 6.07. The fourth-order valence-electron chi connectivity index (χ4n) is 3.40. The normalized spacial score (nSPS) is 33.2. The molecule has 0 aromatic heterocycles. The highest BCUT2D eigenvalue weighted by atomic mass is 32.2. The van der Waals surface area contributed by atoms with E-state index < -0.39 is 10.0 Å². The van der Waals surface area contributed by atoms with E-state index in [1.807, 2.05) is 0 Å². The minimum atomic E-state index is -3.12. The number of nitrogens with one attached hydrogen (secondary N) is 2. The maximum absolute atomic E-state index is 12.2. The van der Waals surface area contributed by atoms with Gasteiger partial charge in [0.25, 0.3) is 0 Å². The molecule has 2 fully saturated rings. The van der Waals surface area contributed by atoms with Gasteiger partial charge < -0.3 is 5.32 Å². The summed E-state index contributed by atoms with van der Waals surface area (Å²) < 4.78 is 27.4. The highest BCUT2D eigenvalue weighted by molar-refractivity contribution is 7.89. The number of sulfonamides is 1. The van der Waals surface area contributed by atoms with Crippen LogP contribution in [0.15, 0.2) is 0 Å². The zero-order valence-corrected chi connectivity index (χ0v) is 12.8. The molecule has 19 heavy (non-hydrogen) atoms. The first-order chi connectivity index (χ1) is 9.09. The number of hydrogen-bond donors (Lipinski definition) is 2. The standard InChI is InChI=1S/C14H28N2O2S/c1-2-12-6-5-8-13(10-12)16-19(17,18)11-14-7-3-4-9-15-14/h12-16H,2-11H2,1H3. The smallest absolute Gasteiger partial charge is 0.213 e. The molecule has 112 valence electrons. The number of rotatable bonds is 5. The van der Waals surface area contributed by atoms with Crippen LogP contribution >= 0.6 is 0 Å². The van der Waals surface area contributed by atoms with Crippen molar-refractivity contribution in [2.24, 2.45) is 5.92 Å². The Morgan fingerprint density at radius 3 is 2.68 bits per heavy atom. The quantitative estimate of drug-likeness (QED) is 0.813. The minimum Gasteiger partial charge on any atom is -0.313 e. The Balaban J connectivity index is 1.82. The largest absolute Gasteiger partial charge is 0.313 e. The predicted molar refractivity (Wildman–Crippen MR) is 78.6 cm³/mol. The molecule has 2 N–H and O–H groups in total. The molecule has 0 radical (unpaired) electrons. The molecule has 0 aromatic carbocycles. The van der Waals surface area contributed by atoms with Crippen molar-refractivity contribution in [2.45, 2.75) is 70.4 Å². The lowest BCUT2D eigenvalue weighted by atomic mass is 9.85. The van der Waals surface area contributed by atoms with Crippen LogP contribution in [0, 0.1) is 5.92 Å². The highest BCUT2D eigenvalue weighted by Gasteiger charge is 2.27. The molecule has 1 saturated carbocycles. The molecule has 0 amide bonds. The van der Waals surface area contributed by atoms with Gasteiger partial charge in [-0.1, -0.05) is 32.6 Å². The lowest BCUT2D eigenvalue weighted by Crippen LogP contribution is -2.46. The fourth-order valence-corrected chi connectivity index (χ4v) is 5.03. The Morgan fingerprint density at radius 1 is 1.16 bits per heavy atom. The second-order valence-electron chi connectivity index (χ2n) is 6.18. The second kappa shape index (κ2) is 7.04. The van der Waals surface area contributed by atoms with E-state index in [0.717, 1.165) is 38.6 Å². The molecule has 5 heteroatoms. The van der Waals surface area contributed by atoms with E-state index in [2.05, 4.69) is 17.0 Å². The number of piperidine rings is 1. The van der Waals surface area contributed by atoms with Crippen LogP contribution < -0.4 is 10.0 Å². The van der Waals surface area contributed by atoms with E-state index >= 15 is 0 Å². The van der Waals surface area contributed by atoms with Crippen molar-refractivity contribution < 1.29 is 8.42 Å². The minimum absolute atomic E-state index is 0.150. The summed E-state index contributed by atoms with van der Waals surface area (Å²) in [5, 5.41) is 3.31. The van der Waals surface area contributed by atoms with Crippen molar-refractivity contribution in [1.82, 2.24) is 10.0 Å². The van der Waals surface area contributed by atoms with Gasteiger partial charge in [-0.15, -0.1) is 0 Å². The van der Waals surface area contributed by atoms with E-state index in [4.69, 9.17) is 0 Å². The highest BCUT2D eigenvalue weighted by Crippen LogP contribution is 2.27. The molecule has 3 unspecified atom stereocenters. The Morgan fingerprint density at radius 2 is 2.00 bits per heavy atom. The third kappa shape index (κ3) is 5.04. The molecule has 0 spiro atoms. The summed E-state index contributed by atoms with van der Waals surface area (Å²) in [5.41, 5.74) is 0. The summed E-state index contributed by atoms with van der Waals surface area (Å²) in [6.45, 7) is 3.16. The summed E-state index contributed by atoms with van der Waals surface area (Å²) in [5.74, 6) is 0.953. The molecule has 1 aliphatic heterocycles. The van der Waals surface area contributed by atoms with Crippen molar-refractivity contribution in [1.29, 1.82) is 0 Å². The van der Waals surface area contributed by atoms with Crippen LogP contribution in [-0.2, 0) is 10.0 Å². The van der Waals surface area contributed by atoms with Gasteiger partial charge in [-0.05, 0) is 38.1 Å². The molecule has 2 rings (SSSR count). The monoisotopic (exact) mass is 288 g/mol. The van der Waals surface area contributed by atoms with Gasteiger partial charge in [0.05, 0.1) is 5.75 Å². The van der Waals surface area contributed by atoms with Crippen molar-refractivity contribution in [3.8, 4) is 0 Å². The SMILES string of the molecule is CCC1CCCC(NS(=O)(=O)CC2CCCCN2)C1. The van der Waals surface area contributed by atoms with E-state index in [1.54, 1.807) is 0 Å². The van der Waals surface area contributed by atoms with Crippen LogP contribution in [-0.4, -0.2) is 32.8 Å². The number of hydrogen-bond acceptors (Lipinski definition) is 3. The van der Waals surface area contributed by atoms with Crippen LogP contribution in [0.3, 0.4) is 0 Å². The average molecular weight is 288 g/mol. The molecule has 1 aliphatic carbocycles. The first-order valence-corrected chi connectivity index (χ1v) is 9.47. The molecule has 2 aliphatic rings. The third-order valence-electron chi connectivity index (χ3n) is 4.54. The first-order valence-electron chi connectivity index (χ1n) is 7.82. The van der Waals surface area contributed by atoms with Crippen molar-refractivity contribution >= 4 is 10.0 Å². The van der Waals surface area contributed by atoms with Gasteiger partial charge in [-0.2, -0.15) is 0 Å². The Kier molecular flexibility index (Phi) is 5.66. The summed E-state index contributed by atoms with van der Waals surface area (Å²) in [6.07, 6.45) is 8.93. The van der Waals surface area contributed by atoms with Gasteiger partial charge in [0.2, 0.25) is 10.0 Å². The molecule has 3 atom stereocenters. The van der Waals surface area contributed by atoms with Gasteiger partial charge in [-0.25, -0.2) is 13.1 Å². The van der Waals surface area contributed by atoms with Gasteiger partial charge in [-0.3, -0.25) is 0 Å². The zero-order valence-electron chi connectivity index (χ0n) is 12.0. The van der Waals surface area contributed by atoms with Gasteiger partial charge >= 0.3 is 0 Å². The van der Waals surface area contributed by atoms with Crippen molar-refractivity contribution in [2.75, 3.05) is 12.3 Å². The molecule has 1 saturated heterocycles. The Hall–Kier alpha value is -0.130.